The minimum atomic E-state index is 0.207. The van der Waals surface area contributed by atoms with E-state index in [-0.39, 0.29) is 5.28 Å². The molecule has 0 radical (unpaired) electrons. The maximum absolute atomic E-state index is 6.22. The van der Waals surface area contributed by atoms with E-state index in [0.717, 1.165) is 50.5 Å². The molecule has 136 valence electrons. The van der Waals surface area contributed by atoms with Gasteiger partial charge in [-0.2, -0.15) is 4.98 Å². The Morgan fingerprint density at radius 3 is 2.35 bits per heavy atom. The zero-order chi connectivity index (χ0) is 17.5. The van der Waals surface area contributed by atoms with Crippen molar-refractivity contribution in [2.24, 2.45) is 0 Å². The molecule has 0 aliphatic carbocycles. The van der Waals surface area contributed by atoms with Crippen molar-refractivity contribution in [1.82, 2.24) is 15.0 Å². The van der Waals surface area contributed by atoms with Crippen LogP contribution in [0.2, 0.25) is 5.28 Å². The van der Waals surface area contributed by atoms with Gasteiger partial charge in [-0.25, -0.2) is 9.97 Å². The van der Waals surface area contributed by atoms with Crippen LogP contribution < -0.4 is 9.80 Å². The van der Waals surface area contributed by atoms with Crippen molar-refractivity contribution >= 4 is 45.3 Å². The fourth-order valence-corrected chi connectivity index (χ4v) is 3.63. The van der Waals surface area contributed by atoms with Crippen LogP contribution in [0.1, 0.15) is 0 Å². The van der Waals surface area contributed by atoms with Crippen molar-refractivity contribution < 1.29 is 13.9 Å². The number of halogens is 1. The van der Waals surface area contributed by atoms with Gasteiger partial charge in [0.05, 0.1) is 43.7 Å². The van der Waals surface area contributed by atoms with E-state index in [9.17, 15) is 0 Å². The van der Waals surface area contributed by atoms with Crippen molar-refractivity contribution in [2.45, 2.75) is 0 Å². The van der Waals surface area contributed by atoms with Gasteiger partial charge in [-0.1, -0.05) is 0 Å². The maximum atomic E-state index is 6.22. The molecule has 2 aliphatic rings. The summed E-state index contributed by atoms with van der Waals surface area (Å²) in [5.41, 5.74) is 2.90. The first-order valence-corrected chi connectivity index (χ1v) is 9.08. The molecule has 0 unspecified atom stereocenters. The number of anilines is 2. The van der Waals surface area contributed by atoms with Gasteiger partial charge in [0.15, 0.2) is 11.4 Å². The van der Waals surface area contributed by atoms with Crippen LogP contribution >= 0.6 is 11.6 Å². The molecule has 26 heavy (non-hydrogen) atoms. The topological polar surface area (TPSA) is 76.8 Å². The molecule has 3 aromatic rings. The van der Waals surface area contributed by atoms with Crippen LogP contribution in [0.25, 0.3) is 22.2 Å². The zero-order valence-electron chi connectivity index (χ0n) is 14.2. The summed E-state index contributed by atoms with van der Waals surface area (Å²) in [5.74, 6) is 0.703. The first-order chi connectivity index (χ1) is 12.8. The van der Waals surface area contributed by atoms with E-state index in [1.165, 1.54) is 0 Å². The van der Waals surface area contributed by atoms with Crippen molar-refractivity contribution in [3.8, 4) is 0 Å². The number of aromatic nitrogens is 3. The predicted octanol–water partition coefficient (Wildman–Crippen LogP) is 2.10. The summed E-state index contributed by atoms with van der Waals surface area (Å²) in [6.07, 6.45) is 1.83. The number of ether oxygens (including phenoxy) is 2. The lowest BCUT2D eigenvalue weighted by Gasteiger charge is -2.28. The predicted molar refractivity (Wildman–Crippen MR) is 98.2 cm³/mol. The van der Waals surface area contributed by atoms with E-state index in [0.29, 0.717) is 35.8 Å². The summed E-state index contributed by atoms with van der Waals surface area (Å²) in [6.45, 7) is 5.93. The average Bonchev–Trinajstić information content (AvgIpc) is 3.06. The minimum Gasteiger partial charge on any atom is -0.432 e. The standard InChI is InChI=1S/C17H18ClN5O3/c18-17-20-13-12-9-11(22-1-5-24-6-2-22)10-19-16(12)26-14(13)15(21-17)23-3-7-25-8-4-23/h9-10H,1-8H2. The summed E-state index contributed by atoms with van der Waals surface area (Å²) in [6, 6.07) is 2.06. The van der Waals surface area contributed by atoms with Crippen LogP contribution in [0.15, 0.2) is 16.7 Å². The van der Waals surface area contributed by atoms with E-state index < -0.39 is 0 Å². The van der Waals surface area contributed by atoms with E-state index in [4.69, 9.17) is 25.5 Å². The van der Waals surface area contributed by atoms with Crippen molar-refractivity contribution in [2.75, 3.05) is 62.4 Å². The monoisotopic (exact) mass is 375 g/mol. The van der Waals surface area contributed by atoms with Crippen LogP contribution in [0.5, 0.6) is 0 Å². The first-order valence-electron chi connectivity index (χ1n) is 8.71. The SMILES string of the molecule is Clc1nc(N2CCOCC2)c2oc3ncc(N4CCOCC4)cc3c2n1. The maximum Gasteiger partial charge on any atom is 0.229 e. The molecule has 3 aromatic heterocycles. The van der Waals surface area contributed by atoms with E-state index in [1.807, 2.05) is 6.20 Å². The lowest BCUT2D eigenvalue weighted by molar-refractivity contribution is 0.122. The highest BCUT2D eigenvalue weighted by Crippen LogP contribution is 2.35. The minimum absolute atomic E-state index is 0.207. The lowest BCUT2D eigenvalue weighted by Crippen LogP contribution is -2.36. The van der Waals surface area contributed by atoms with Crippen LogP contribution in [0.4, 0.5) is 11.5 Å². The molecule has 2 aliphatic heterocycles. The summed E-state index contributed by atoms with van der Waals surface area (Å²) in [4.78, 5) is 17.7. The second kappa shape index (κ2) is 6.53. The summed E-state index contributed by atoms with van der Waals surface area (Å²) in [7, 11) is 0. The van der Waals surface area contributed by atoms with Gasteiger partial charge in [0.2, 0.25) is 11.0 Å². The van der Waals surface area contributed by atoms with Gasteiger partial charge < -0.3 is 23.7 Å². The van der Waals surface area contributed by atoms with Gasteiger partial charge in [0.1, 0.15) is 5.52 Å². The van der Waals surface area contributed by atoms with E-state index >= 15 is 0 Å². The molecule has 2 fully saturated rings. The molecule has 9 heteroatoms. The van der Waals surface area contributed by atoms with Crippen molar-refractivity contribution in [1.29, 1.82) is 0 Å². The quantitative estimate of drug-likeness (QED) is 0.630. The number of hydrogen-bond acceptors (Lipinski definition) is 8. The molecule has 0 atom stereocenters. The molecule has 0 bridgehead atoms. The molecule has 5 heterocycles. The Hall–Kier alpha value is -2.16. The number of fused-ring (bicyclic) bond motifs is 3. The Morgan fingerprint density at radius 1 is 0.923 bits per heavy atom. The Morgan fingerprint density at radius 2 is 1.62 bits per heavy atom. The number of nitrogens with zero attached hydrogens (tertiary/aromatic N) is 5. The summed E-state index contributed by atoms with van der Waals surface area (Å²) >= 11 is 6.22. The highest BCUT2D eigenvalue weighted by Gasteiger charge is 2.23. The number of hydrogen-bond donors (Lipinski definition) is 0. The fraction of sp³-hybridized carbons (Fsp3) is 0.471. The first kappa shape index (κ1) is 16.0. The zero-order valence-corrected chi connectivity index (χ0v) is 14.9. The van der Waals surface area contributed by atoms with Crippen molar-refractivity contribution in [3.63, 3.8) is 0 Å². The number of furan rings is 1. The summed E-state index contributed by atoms with van der Waals surface area (Å²) in [5, 5.41) is 1.06. The average molecular weight is 376 g/mol. The molecular weight excluding hydrogens is 358 g/mol. The number of pyridine rings is 1. The van der Waals surface area contributed by atoms with Gasteiger partial charge in [0, 0.05) is 26.2 Å². The van der Waals surface area contributed by atoms with Crippen LogP contribution in [0, 0.1) is 0 Å². The normalized spacial score (nSPS) is 18.8. The molecule has 0 spiro atoms. The Kier molecular flexibility index (Phi) is 4.03. The Bertz CT molecular complexity index is 950. The van der Waals surface area contributed by atoms with E-state index in [1.54, 1.807) is 0 Å². The highest BCUT2D eigenvalue weighted by molar-refractivity contribution is 6.29. The highest BCUT2D eigenvalue weighted by atomic mass is 35.5. The molecule has 0 N–H and O–H groups in total. The second-order valence-electron chi connectivity index (χ2n) is 6.34. The van der Waals surface area contributed by atoms with E-state index in [2.05, 4.69) is 30.8 Å². The van der Waals surface area contributed by atoms with Crippen LogP contribution in [-0.2, 0) is 9.47 Å². The van der Waals surface area contributed by atoms with Gasteiger partial charge in [-0.15, -0.1) is 0 Å². The number of rotatable bonds is 2. The molecule has 0 saturated carbocycles. The smallest absolute Gasteiger partial charge is 0.229 e. The molecule has 2 saturated heterocycles. The van der Waals surface area contributed by atoms with Gasteiger partial charge in [0.25, 0.3) is 0 Å². The second-order valence-corrected chi connectivity index (χ2v) is 6.68. The third kappa shape index (κ3) is 2.74. The van der Waals surface area contributed by atoms with Gasteiger partial charge >= 0.3 is 0 Å². The largest absolute Gasteiger partial charge is 0.432 e. The number of morpholine rings is 2. The lowest BCUT2D eigenvalue weighted by atomic mass is 10.2. The molecule has 5 rings (SSSR count). The Balaban J connectivity index is 1.64. The third-order valence-corrected chi connectivity index (χ3v) is 4.97. The van der Waals surface area contributed by atoms with Gasteiger partial charge in [-0.05, 0) is 17.7 Å². The molecule has 0 amide bonds. The Labute approximate surface area is 154 Å². The third-order valence-electron chi connectivity index (χ3n) is 4.80. The van der Waals surface area contributed by atoms with Crippen molar-refractivity contribution in [3.05, 3.63) is 17.5 Å². The molecule has 0 aromatic carbocycles. The fourth-order valence-electron chi connectivity index (χ4n) is 3.46. The van der Waals surface area contributed by atoms with Gasteiger partial charge in [-0.3, -0.25) is 0 Å². The van der Waals surface area contributed by atoms with Crippen LogP contribution in [0.3, 0.4) is 0 Å². The summed E-state index contributed by atoms with van der Waals surface area (Å²) < 4.78 is 16.9. The molecular formula is C17H18ClN5O3. The van der Waals surface area contributed by atoms with Crippen LogP contribution in [-0.4, -0.2) is 67.6 Å². The molecule has 8 nitrogen and oxygen atoms in total.